The van der Waals surface area contributed by atoms with Gasteiger partial charge in [-0.05, 0) is 49.6 Å². The Morgan fingerprint density at radius 2 is 1.88 bits per heavy atom. The molecule has 176 valence electrons. The van der Waals surface area contributed by atoms with Gasteiger partial charge in [-0.25, -0.2) is 4.98 Å². The van der Waals surface area contributed by atoms with Gasteiger partial charge in [-0.15, -0.1) is 11.3 Å². The Hall–Kier alpha value is -3.07. The quantitative estimate of drug-likeness (QED) is 0.605. The number of nitrogens with zero attached hydrogens (tertiary/aromatic N) is 3. The molecule has 0 bridgehead atoms. The molecular weight excluding hydrogens is 448 g/mol. The van der Waals surface area contributed by atoms with Crippen molar-refractivity contribution in [3.8, 4) is 11.3 Å². The molecule has 1 aromatic heterocycles. The maximum atomic E-state index is 13.2. The zero-order valence-electron chi connectivity index (χ0n) is 19.5. The highest BCUT2D eigenvalue weighted by atomic mass is 32.1. The van der Waals surface area contributed by atoms with Gasteiger partial charge >= 0.3 is 0 Å². The van der Waals surface area contributed by atoms with Crippen LogP contribution in [-0.4, -0.2) is 61.1 Å². The number of fused-ring (bicyclic) bond motifs is 1. The molecule has 0 radical (unpaired) electrons. The molecular formula is C26H28N4O3S. The Bertz CT molecular complexity index is 1230. The average Bonchev–Trinajstić information content (AvgIpc) is 3.42. The van der Waals surface area contributed by atoms with Crippen molar-refractivity contribution in [2.24, 2.45) is 0 Å². The van der Waals surface area contributed by atoms with Gasteiger partial charge in [-0.3, -0.25) is 14.5 Å². The van der Waals surface area contributed by atoms with Gasteiger partial charge in [0.1, 0.15) is 0 Å². The first kappa shape index (κ1) is 22.7. The first-order chi connectivity index (χ1) is 16.5. The van der Waals surface area contributed by atoms with Crippen LogP contribution in [0.2, 0.25) is 0 Å². The minimum absolute atomic E-state index is 0.0414. The van der Waals surface area contributed by atoms with Crippen LogP contribution in [0.5, 0.6) is 0 Å². The van der Waals surface area contributed by atoms with Crippen LogP contribution in [0, 0.1) is 13.8 Å². The number of ether oxygens (including phenoxy) is 1. The number of hydrogen-bond donors (Lipinski definition) is 1. The Morgan fingerprint density at radius 1 is 1.09 bits per heavy atom. The third-order valence-corrected chi connectivity index (χ3v) is 7.27. The molecule has 0 spiro atoms. The second kappa shape index (κ2) is 9.66. The van der Waals surface area contributed by atoms with E-state index in [0.717, 1.165) is 58.0 Å². The summed E-state index contributed by atoms with van der Waals surface area (Å²) < 4.78 is 5.34. The fourth-order valence-corrected chi connectivity index (χ4v) is 5.41. The number of morpholine rings is 1. The number of nitrogens with one attached hydrogen (secondary N) is 1. The standard InChI is InChI=1S/C26H28N4O3S/c1-17-5-3-4-6-21(17)25(32)30-10-9-19-15-20(7-8-22(19)30)24-18(2)34-26(28-24)27-23(31)16-29-11-13-33-14-12-29/h3-8,15H,9-14,16H2,1-2H3,(H,27,28,31). The van der Waals surface area contributed by atoms with Crippen LogP contribution >= 0.6 is 11.3 Å². The van der Waals surface area contributed by atoms with E-state index >= 15 is 0 Å². The highest BCUT2D eigenvalue weighted by Gasteiger charge is 2.27. The smallest absolute Gasteiger partial charge is 0.258 e. The molecule has 1 fully saturated rings. The summed E-state index contributed by atoms with van der Waals surface area (Å²) in [5, 5.41) is 3.56. The van der Waals surface area contributed by atoms with Gasteiger partial charge in [-0.2, -0.15) is 0 Å². The third-order valence-electron chi connectivity index (χ3n) is 6.38. The van der Waals surface area contributed by atoms with Crippen LogP contribution in [0.15, 0.2) is 42.5 Å². The minimum Gasteiger partial charge on any atom is -0.379 e. The Balaban J connectivity index is 1.31. The molecule has 2 aliphatic heterocycles. The normalized spacial score (nSPS) is 15.9. The number of thiazole rings is 1. The van der Waals surface area contributed by atoms with Crippen molar-refractivity contribution >= 4 is 34.0 Å². The molecule has 0 atom stereocenters. The Kier molecular flexibility index (Phi) is 6.45. The monoisotopic (exact) mass is 476 g/mol. The summed E-state index contributed by atoms with van der Waals surface area (Å²) in [7, 11) is 0. The molecule has 2 aliphatic rings. The van der Waals surface area contributed by atoms with Gasteiger partial charge in [-0.1, -0.05) is 24.3 Å². The van der Waals surface area contributed by atoms with E-state index in [2.05, 4.69) is 16.3 Å². The molecule has 3 heterocycles. The van der Waals surface area contributed by atoms with Crippen LogP contribution < -0.4 is 10.2 Å². The van der Waals surface area contributed by atoms with Gasteiger partial charge < -0.3 is 15.0 Å². The van der Waals surface area contributed by atoms with Gasteiger partial charge in [0.25, 0.3) is 5.91 Å². The first-order valence-electron chi connectivity index (χ1n) is 11.6. The van der Waals surface area contributed by atoms with Gasteiger partial charge in [0, 0.05) is 41.3 Å². The minimum atomic E-state index is -0.0542. The number of hydrogen-bond acceptors (Lipinski definition) is 6. The van der Waals surface area contributed by atoms with Crippen LogP contribution in [0.1, 0.15) is 26.4 Å². The SMILES string of the molecule is Cc1ccccc1C(=O)N1CCc2cc(-c3nc(NC(=O)CN4CCOCC4)sc3C)ccc21. The molecule has 8 heteroatoms. The fraction of sp³-hybridized carbons (Fsp3) is 0.346. The first-order valence-corrected chi connectivity index (χ1v) is 12.4. The third kappa shape index (κ3) is 4.61. The highest BCUT2D eigenvalue weighted by Crippen LogP contribution is 2.36. The van der Waals surface area contributed by atoms with E-state index in [-0.39, 0.29) is 11.8 Å². The van der Waals surface area contributed by atoms with E-state index in [1.165, 1.54) is 11.3 Å². The van der Waals surface area contributed by atoms with Gasteiger partial charge in [0.05, 0.1) is 25.5 Å². The van der Waals surface area contributed by atoms with Crippen molar-refractivity contribution in [2.45, 2.75) is 20.3 Å². The molecule has 0 saturated carbocycles. The maximum Gasteiger partial charge on any atom is 0.258 e. The molecule has 3 aromatic rings. The van der Waals surface area contributed by atoms with Crippen LogP contribution in [0.25, 0.3) is 11.3 Å². The summed E-state index contributed by atoms with van der Waals surface area (Å²) in [5.74, 6) is -0.0128. The zero-order valence-corrected chi connectivity index (χ0v) is 20.3. The summed E-state index contributed by atoms with van der Waals surface area (Å²) in [5.41, 5.74) is 5.71. The van der Waals surface area contributed by atoms with Crippen molar-refractivity contribution in [3.63, 3.8) is 0 Å². The van der Waals surface area contributed by atoms with Crippen molar-refractivity contribution in [1.82, 2.24) is 9.88 Å². The number of aryl methyl sites for hydroxylation is 2. The van der Waals surface area contributed by atoms with Gasteiger partial charge in [0.15, 0.2) is 5.13 Å². The predicted octanol–water partition coefficient (Wildman–Crippen LogP) is 3.90. The van der Waals surface area contributed by atoms with Crippen LogP contribution in [0.3, 0.4) is 0 Å². The lowest BCUT2D eigenvalue weighted by Crippen LogP contribution is -2.41. The molecule has 2 aromatic carbocycles. The largest absolute Gasteiger partial charge is 0.379 e. The van der Waals surface area contributed by atoms with E-state index in [9.17, 15) is 9.59 Å². The number of amides is 2. The number of carbonyl (C=O) groups excluding carboxylic acids is 2. The number of aromatic nitrogens is 1. The molecule has 0 unspecified atom stereocenters. The van der Waals surface area contributed by atoms with Crippen LogP contribution in [0.4, 0.5) is 10.8 Å². The van der Waals surface area contributed by atoms with E-state index < -0.39 is 0 Å². The summed E-state index contributed by atoms with van der Waals surface area (Å²) in [6.07, 6.45) is 0.813. The predicted molar refractivity (Wildman–Crippen MR) is 135 cm³/mol. The summed E-state index contributed by atoms with van der Waals surface area (Å²) in [4.78, 5) is 35.3. The van der Waals surface area contributed by atoms with Crippen molar-refractivity contribution < 1.29 is 14.3 Å². The highest BCUT2D eigenvalue weighted by molar-refractivity contribution is 7.16. The zero-order chi connectivity index (χ0) is 23.7. The van der Waals surface area contributed by atoms with E-state index in [1.807, 2.05) is 55.1 Å². The number of anilines is 2. The molecule has 34 heavy (non-hydrogen) atoms. The number of benzene rings is 2. The summed E-state index contributed by atoms with van der Waals surface area (Å²) in [6, 6.07) is 13.9. The van der Waals surface area contributed by atoms with Crippen molar-refractivity contribution in [2.75, 3.05) is 49.6 Å². The molecule has 2 amide bonds. The van der Waals surface area contributed by atoms with E-state index in [1.54, 1.807) is 0 Å². The number of carbonyl (C=O) groups is 2. The molecule has 7 nitrogen and oxygen atoms in total. The lowest BCUT2D eigenvalue weighted by atomic mass is 10.0. The molecule has 5 rings (SSSR count). The Morgan fingerprint density at radius 3 is 2.68 bits per heavy atom. The molecule has 1 saturated heterocycles. The van der Waals surface area contributed by atoms with E-state index in [4.69, 9.17) is 9.72 Å². The number of rotatable bonds is 5. The van der Waals surface area contributed by atoms with Crippen molar-refractivity contribution in [1.29, 1.82) is 0 Å². The average molecular weight is 477 g/mol. The Labute approximate surface area is 203 Å². The fourth-order valence-electron chi connectivity index (χ4n) is 4.56. The lowest BCUT2D eigenvalue weighted by molar-refractivity contribution is -0.118. The van der Waals surface area contributed by atoms with Gasteiger partial charge in [0.2, 0.25) is 5.91 Å². The molecule has 0 aliphatic carbocycles. The lowest BCUT2D eigenvalue weighted by Gasteiger charge is -2.25. The second-order valence-electron chi connectivity index (χ2n) is 8.73. The summed E-state index contributed by atoms with van der Waals surface area (Å²) in [6.45, 7) is 7.88. The maximum absolute atomic E-state index is 13.2. The topological polar surface area (TPSA) is 74.8 Å². The van der Waals surface area contributed by atoms with Crippen molar-refractivity contribution in [3.05, 3.63) is 64.0 Å². The molecule has 1 N–H and O–H groups in total. The van der Waals surface area contributed by atoms with Crippen LogP contribution in [-0.2, 0) is 16.0 Å². The summed E-state index contributed by atoms with van der Waals surface area (Å²) >= 11 is 1.49. The second-order valence-corrected chi connectivity index (χ2v) is 9.93. The van der Waals surface area contributed by atoms with E-state index in [0.29, 0.717) is 31.4 Å².